The van der Waals surface area contributed by atoms with Gasteiger partial charge < -0.3 is 15.1 Å². The van der Waals surface area contributed by atoms with Gasteiger partial charge >= 0.3 is 0 Å². The van der Waals surface area contributed by atoms with E-state index in [1.807, 2.05) is 7.05 Å². The van der Waals surface area contributed by atoms with Gasteiger partial charge in [0.25, 0.3) is 0 Å². The van der Waals surface area contributed by atoms with E-state index < -0.39 is 0 Å². The molecule has 4 nitrogen and oxygen atoms in total. The van der Waals surface area contributed by atoms with Gasteiger partial charge in [-0.2, -0.15) is 0 Å². The van der Waals surface area contributed by atoms with Crippen LogP contribution in [0.5, 0.6) is 0 Å². The van der Waals surface area contributed by atoms with Crippen LogP contribution < -0.4 is 5.32 Å². The summed E-state index contributed by atoms with van der Waals surface area (Å²) >= 11 is 0. The smallest absolute Gasteiger partial charge is 0.222 e. The molecule has 0 aromatic carbocycles. The lowest BCUT2D eigenvalue weighted by molar-refractivity contribution is -0.133. The van der Waals surface area contributed by atoms with E-state index in [4.69, 9.17) is 0 Å². The molecule has 6 heteroatoms. The summed E-state index contributed by atoms with van der Waals surface area (Å²) in [5, 5.41) is 3.24. The number of nitrogens with one attached hydrogen (secondary N) is 1. The second kappa shape index (κ2) is 15.5. The van der Waals surface area contributed by atoms with Crippen LogP contribution in [0.3, 0.4) is 0 Å². The number of amides is 1. The molecule has 0 radical (unpaired) electrons. The van der Waals surface area contributed by atoms with Gasteiger partial charge in [-0.3, -0.25) is 4.79 Å². The highest BCUT2D eigenvalue weighted by molar-refractivity contribution is 5.85. The predicted molar refractivity (Wildman–Crippen MR) is 104 cm³/mol. The summed E-state index contributed by atoms with van der Waals surface area (Å²) in [7, 11) is 2.00. The van der Waals surface area contributed by atoms with Crippen molar-refractivity contribution in [2.75, 3.05) is 46.3 Å². The van der Waals surface area contributed by atoms with Crippen molar-refractivity contribution in [3.05, 3.63) is 0 Å². The van der Waals surface area contributed by atoms with Gasteiger partial charge in [-0.15, -0.1) is 24.8 Å². The topological polar surface area (TPSA) is 35.6 Å². The molecule has 1 aliphatic heterocycles. The lowest BCUT2D eigenvalue weighted by Gasteiger charge is -2.33. The molecule has 1 saturated heterocycles. The maximum absolute atomic E-state index is 12.3. The van der Waals surface area contributed by atoms with E-state index in [2.05, 4.69) is 29.0 Å². The highest BCUT2D eigenvalue weighted by Crippen LogP contribution is 2.17. The van der Waals surface area contributed by atoms with E-state index in [-0.39, 0.29) is 24.8 Å². The van der Waals surface area contributed by atoms with Crippen LogP contribution >= 0.6 is 24.8 Å². The SMILES string of the molecule is CCCN(CCC)CCCC(=O)N1CCCC(CNC)C1.Cl.Cl. The number of halogens is 2. The molecule has 1 atom stereocenters. The molecule has 0 aromatic heterocycles. The van der Waals surface area contributed by atoms with Crippen molar-refractivity contribution in [1.82, 2.24) is 15.1 Å². The Kier molecular flexibility index (Phi) is 17.0. The number of hydrogen-bond donors (Lipinski definition) is 1. The molecule has 23 heavy (non-hydrogen) atoms. The van der Waals surface area contributed by atoms with Crippen molar-refractivity contribution in [1.29, 1.82) is 0 Å². The lowest BCUT2D eigenvalue weighted by atomic mass is 9.97. The predicted octanol–water partition coefficient (Wildman–Crippen LogP) is 3.19. The Morgan fingerprint density at radius 2 is 1.83 bits per heavy atom. The molecular weight excluding hydrogens is 333 g/mol. The van der Waals surface area contributed by atoms with Crippen LogP contribution in [0.15, 0.2) is 0 Å². The first-order valence-electron chi connectivity index (χ1n) is 8.85. The highest BCUT2D eigenvalue weighted by atomic mass is 35.5. The number of nitrogens with zero attached hydrogens (tertiary/aromatic N) is 2. The molecule has 0 spiro atoms. The second-order valence-corrected chi connectivity index (χ2v) is 6.35. The number of carbonyl (C=O) groups excluding carboxylic acids is 1. The number of carbonyl (C=O) groups is 1. The summed E-state index contributed by atoms with van der Waals surface area (Å²) in [6.45, 7) is 10.8. The molecule has 1 aliphatic rings. The molecule has 0 aromatic rings. The van der Waals surface area contributed by atoms with E-state index in [9.17, 15) is 4.79 Å². The normalized spacial score (nSPS) is 17.6. The van der Waals surface area contributed by atoms with Gasteiger partial charge in [-0.25, -0.2) is 0 Å². The first kappa shape index (κ1) is 25.2. The third-order valence-corrected chi connectivity index (χ3v) is 4.31. The third-order valence-electron chi connectivity index (χ3n) is 4.31. The average Bonchev–Trinajstić information content (AvgIpc) is 2.48. The Bertz CT molecular complexity index is 285. The number of piperidine rings is 1. The summed E-state index contributed by atoms with van der Waals surface area (Å²) in [5.74, 6) is 1.01. The third kappa shape index (κ3) is 10.4. The minimum atomic E-state index is 0. The van der Waals surface area contributed by atoms with Crippen LogP contribution in [0.4, 0.5) is 0 Å². The molecule has 1 unspecified atom stereocenters. The molecule has 1 N–H and O–H groups in total. The molecule has 0 saturated carbocycles. The van der Waals surface area contributed by atoms with E-state index in [1.165, 1.54) is 19.3 Å². The van der Waals surface area contributed by atoms with Gasteiger partial charge in [0.2, 0.25) is 5.91 Å². The van der Waals surface area contributed by atoms with Crippen LogP contribution in [0.1, 0.15) is 52.4 Å². The number of hydrogen-bond acceptors (Lipinski definition) is 3. The van der Waals surface area contributed by atoms with Gasteiger partial charge in [0.1, 0.15) is 0 Å². The first-order chi connectivity index (χ1) is 10.2. The minimum Gasteiger partial charge on any atom is -0.342 e. The van der Waals surface area contributed by atoms with E-state index in [0.717, 1.165) is 58.5 Å². The van der Waals surface area contributed by atoms with Crippen molar-refractivity contribution in [3.63, 3.8) is 0 Å². The van der Waals surface area contributed by atoms with Crippen LogP contribution in [0, 0.1) is 5.92 Å². The summed E-state index contributed by atoms with van der Waals surface area (Å²) in [4.78, 5) is 16.9. The Balaban J connectivity index is 0. The zero-order valence-electron chi connectivity index (χ0n) is 15.2. The minimum absolute atomic E-state index is 0. The average molecular weight is 370 g/mol. The maximum Gasteiger partial charge on any atom is 0.222 e. The van der Waals surface area contributed by atoms with Crippen LogP contribution in [0.2, 0.25) is 0 Å². The van der Waals surface area contributed by atoms with Gasteiger partial charge in [0.15, 0.2) is 0 Å². The zero-order chi connectivity index (χ0) is 15.5. The quantitative estimate of drug-likeness (QED) is 0.642. The van der Waals surface area contributed by atoms with E-state index in [1.54, 1.807) is 0 Å². The van der Waals surface area contributed by atoms with E-state index >= 15 is 0 Å². The summed E-state index contributed by atoms with van der Waals surface area (Å²) in [6, 6.07) is 0. The molecule has 0 bridgehead atoms. The fraction of sp³-hybridized carbons (Fsp3) is 0.941. The second-order valence-electron chi connectivity index (χ2n) is 6.35. The van der Waals surface area contributed by atoms with Crippen molar-refractivity contribution in [2.45, 2.75) is 52.4 Å². The summed E-state index contributed by atoms with van der Waals surface area (Å²) < 4.78 is 0. The molecule has 1 amide bonds. The molecule has 0 aliphatic carbocycles. The summed E-state index contributed by atoms with van der Waals surface area (Å²) in [5.41, 5.74) is 0. The molecular formula is C17H37Cl2N3O. The van der Waals surface area contributed by atoms with Crippen molar-refractivity contribution < 1.29 is 4.79 Å². The monoisotopic (exact) mass is 369 g/mol. The maximum atomic E-state index is 12.3. The molecule has 1 rings (SSSR count). The Morgan fingerprint density at radius 1 is 1.17 bits per heavy atom. The molecule has 140 valence electrons. The van der Waals surface area contributed by atoms with Gasteiger partial charge in [-0.05, 0) is 71.2 Å². The Hall–Kier alpha value is -0.0300. The van der Waals surface area contributed by atoms with E-state index in [0.29, 0.717) is 11.8 Å². The fourth-order valence-corrected chi connectivity index (χ4v) is 3.33. The zero-order valence-corrected chi connectivity index (χ0v) is 16.8. The van der Waals surface area contributed by atoms with Crippen LogP contribution in [0.25, 0.3) is 0 Å². The molecule has 1 heterocycles. The van der Waals surface area contributed by atoms with Crippen LogP contribution in [-0.2, 0) is 4.79 Å². The lowest BCUT2D eigenvalue weighted by Crippen LogP contribution is -2.42. The largest absolute Gasteiger partial charge is 0.342 e. The van der Waals surface area contributed by atoms with Gasteiger partial charge in [0.05, 0.1) is 0 Å². The Labute approximate surface area is 155 Å². The first-order valence-corrected chi connectivity index (χ1v) is 8.85. The number of likely N-dealkylation sites (tertiary alicyclic amines) is 1. The Morgan fingerprint density at radius 3 is 2.39 bits per heavy atom. The highest BCUT2D eigenvalue weighted by Gasteiger charge is 2.22. The van der Waals surface area contributed by atoms with Crippen molar-refractivity contribution in [3.8, 4) is 0 Å². The molecule has 1 fully saturated rings. The van der Waals surface area contributed by atoms with Crippen molar-refractivity contribution >= 4 is 30.7 Å². The summed E-state index contributed by atoms with van der Waals surface area (Å²) in [6.07, 6.45) is 6.54. The fourth-order valence-electron chi connectivity index (χ4n) is 3.33. The standard InChI is InChI=1S/C17H35N3O.2ClH/c1-4-10-19(11-5-2)12-7-9-17(21)20-13-6-8-16(15-20)14-18-3;;/h16,18H,4-15H2,1-3H3;2*1H. The number of rotatable bonds is 10. The van der Waals surface area contributed by atoms with Crippen molar-refractivity contribution in [2.24, 2.45) is 5.92 Å². The van der Waals surface area contributed by atoms with Gasteiger partial charge in [-0.1, -0.05) is 13.8 Å². The van der Waals surface area contributed by atoms with Gasteiger partial charge in [0, 0.05) is 19.5 Å². The van der Waals surface area contributed by atoms with Crippen LogP contribution in [-0.4, -0.2) is 62.0 Å².